The number of benzene rings is 2. The van der Waals surface area contributed by atoms with Crippen molar-refractivity contribution in [3.05, 3.63) is 70.4 Å². The Kier molecular flexibility index (Phi) is 9.89. The van der Waals surface area contributed by atoms with Gasteiger partial charge in [0.2, 0.25) is 17.7 Å². The number of amides is 4. The predicted octanol–water partition coefficient (Wildman–Crippen LogP) is 4.14. The van der Waals surface area contributed by atoms with Gasteiger partial charge in [0.05, 0.1) is 25.6 Å². The van der Waals surface area contributed by atoms with E-state index in [1.165, 1.54) is 37.4 Å². The molecule has 0 saturated carbocycles. The molecule has 1 heterocycles. The number of carbonyl (C=O) groups excluding carboxylic acids is 4. The van der Waals surface area contributed by atoms with Crippen LogP contribution in [0.5, 0.6) is 11.5 Å². The maximum Gasteiger partial charge on any atom is 0.261 e. The van der Waals surface area contributed by atoms with Gasteiger partial charge in [0.25, 0.3) is 5.91 Å². The average molecular weight is 567 g/mol. The highest BCUT2D eigenvalue weighted by Gasteiger charge is 2.35. The molecule has 0 aliphatic heterocycles. The molecule has 3 N–H and O–H groups in total. The summed E-state index contributed by atoms with van der Waals surface area (Å²) >= 11 is 1.25. The minimum Gasteiger partial charge on any atom is -0.493 e. The van der Waals surface area contributed by atoms with Crippen LogP contribution >= 0.6 is 11.3 Å². The maximum atomic E-state index is 13.9. The second-order valence-corrected chi connectivity index (χ2v) is 10.9. The second kappa shape index (κ2) is 13.1. The van der Waals surface area contributed by atoms with Gasteiger partial charge in [-0.25, -0.2) is 0 Å². The Morgan fingerprint density at radius 2 is 1.62 bits per heavy atom. The topological polar surface area (TPSA) is 126 Å². The number of hydrogen-bond donors (Lipinski definition) is 3. The normalized spacial score (nSPS) is 11.7. The van der Waals surface area contributed by atoms with Gasteiger partial charge in [0, 0.05) is 23.8 Å². The molecule has 11 heteroatoms. The van der Waals surface area contributed by atoms with Gasteiger partial charge in [-0.05, 0) is 74.2 Å². The van der Waals surface area contributed by atoms with Gasteiger partial charge in [-0.1, -0.05) is 12.1 Å². The Morgan fingerprint density at radius 3 is 2.17 bits per heavy atom. The van der Waals surface area contributed by atoms with E-state index in [0.29, 0.717) is 33.3 Å². The summed E-state index contributed by atoms with van der Waals surface area (Å²) in [7, 11) is 2.99. The summed E-state index contributed by atoms with van der Waals surface area (Å²) in [6, 6.07) is 13.8. The highest BCUT2D eigenvalue weighted by Crippen LogP contribution is 2.35. The largest absolute Gasteiger partial charge is 0.493 e. The lowest BCUT2D eigenvalue weighted by Crippen LogP contribution is -2.51. The molecule has 0 fully saturated rings. The van der Waals surface area contributed by atoms with E-state index in [4.69, 9.17) is 9.47 Å². The number of nitrogens with one attached hydrogen (secondary N) is 3. The summed E-state index contributed by atoms with van der Waals surface area (Å²) in [6.45, 7) is 6.55. The Bertz CT molecular complexity index is 1350. The SMILES string of the molecule is COc1ccc([C@@H](C(=O)NC(C)(C)C)N(C(=O)CNC(=O)c2cccs2)c2ccc(NC(C)=O)cc2)cc1OC. The van der Waals surface area contributed by atoms with Crippen LogP contribution < -0.4 is 30.3 Å². The smallest absolute Gasteiger partial charge is 0.261 e. The molecule has 3 aromatic rings. The zero-order chi connectivity index (χ0) is 29.4. The predicted molar refractivity (Wildman–Crippen MR) is 155 cm³/mol. The molecule has 3 rings (SSSR count). The summed E-state index contributed by atoms with van der Waals surface area (Å²) in [5.41, 5.74) is 0.761. The average Bonchev–Trinajstić information content (AvgIpc) is 3.44. The van der Waals surface area contributed by atoms with Crippen LogP contribution in [0, 0.1) is 0 Å². The van der Waals surface area contributed by atoms with E-state index in [2.05, 4.69) is 16.0 Å². The summed E-state index contributed by atoms with van der Waals surface area (Å²) in [6.07, 6.45) is 0. The van der Waals surface area contributed by atoms with Crippen molar-refractivity contribution in [2.75, 3.05) is 31.0 Å². The third kappa shape index (κ3) is 7.82. The van der Waals surface area contributed by atoms with E-state index in [1.54, 1.807) is 60.0 Å². The lowest BCUT2D eigenvalue weighted by Gasteiger charge is -2.34. The van der Waals surface area contributed by atoms with Crippen LogP contribution in [-0.4, -0.2) is 49.9 Å². The minimum absolute atomic E-state index is 0.246. The fourth-order valence-corrected chi connectivity index (χ4v) is 4.60. The molecule has 0 radical (unpaired) electrons. The first-order valence-electron chi connectivity index (χ1n) is 12.5. The van der Waals surface area contributed by atoms with Crippen molar-refractivity contribution in [2.45, 2.75) is 39.3 Å². The number of hydrogen-bond acceptors (Lipinski definition) is 7. The van der Waals surface area contributed by atoms with Crippen LogP contribution in [0.15, 0.2) is 60.0 Å². The van der Waals surface area contributed by atoms with Gasteiger partial charge in [0.15, 0.2) is 11.5 Å². The van der Waals surface area contributed by atoms with Crippen molar-refractivity contribution in [2.24, 2.45) is 0 Å². The second-order valence-electron chi connectivity index (χ2n) is 9.91. The minimum atomic E-state index is -1.14. The molecule has 10 nitrogen and oxygen atoms in total. The molecule has 4 amide bonds. The first-order valence-corrected chi connectivity index (χ1v) is 13.4. The highest BCUT2D eigenvalue weighted by molar-refractivity contribution is 7.12. The zero-order valence-corrected chi connectivity index (χ0v) is 24.2. The van der Waals surface area contributed by atoms with E-state index < -0.39 is 29.3 Å². The molecule has 0 spiro atoms. The molecule has 0 aliphatic rings. The highest BCUT2D eigenvalue weighted by atomic mass is 32.1. The molecule has 212 valence electrons. The zero-order valence-electron chi connectivity index (χ0n) is 23.4. The van der Waals surface area contributed by atoms with Crippen molar-refractivity contribution in [3.63, 3.8) is 0 Å². The summed E-state index contributed by atoms with van der Waals surface area (Å²) in [4.78, 5) is 53.6. The summed E-state index contributed by atoms with van der Waals surface area (Å²) in [5.74, 6) is -0.768. The van der Waals surface area contributed by atoms with E-state index in [9.17, 15) is 19.2 Å². The van der Waals surface area contributed by atoms with E-state index >= 15 is 0 Å². The molecular weight excluding hydrogens is 532 g/mol. The first kappa shape index (κ1) is 30.2. The van der Waals surface area contributed by atoms with Gasteiger partial charge in [-0.15, -0.1) is 11.3 Å². The lowest BCUT2D eigenvalue weighted by atomic mass is 10.00. The van der Waals surface area contributed by atoms with Crippen molar-refractivity contribution in [1.82, 2.24) is 10.6 Å². The maximum absolute atomic E-state index is 13.9. The fourth-order valence-electron chi connectivity index (χ4n) is 3.96. The van der Waals surface area contributed by atoms with Gasteiger partial charge in [0.1, 0.15) is 6.04 Å². The quantitative estimate of drug-likeness (QED) is 0.339. The van der Waals surface area contributed by atoms with E-state index in [1.807, 2.05) is 20.8 Å². The lowest BCUT2D eigenvalue weighted by molar-refractivity contribution is -0.127. The monoisotopic (exact) mass is 566 g/mol. The van der Waals surface area contributed by atoms with Crippen LogP contribution in [0.3, 0.4) is 0 Å². The van der Waals surface area contributed by atoms with Gasteiger partial charge in [-0.2, -0.15) is 0 Å². The standard InChI is InChI=1S/C29H34N4O6S/c1-18(34)31-20-10-12-21(13-11-20)33(25(35)17-30-27(36)24-8-7-15-40-24)26(28(37)32-29(2,3)4)19-9-14-22(38-5)23(16-19)39-6/h7-16,26H,17H2,1-6H3,(H,30,36)(H,31,34)(H,32,37)/t26-/m0/s1. The van der Waals surface area contributed by atoms with Crippen molar-refractivity contribution in [1.29, 1.82) is 0 Å². The van der Waals surface area contributed by atoms with Crippen LogP contribution in [-0.2, 0) is 14.4 Å². The number of carbonyl (C=O) groups is 4. The molecule has 0 bridgehead atoms. The van der Waals surface area contributed by atoms with Crippen LogP contribution in [0.25, 0.3) is 0 Å². The van der Waals surface area contributed by atoms with Gasteiger partial charge in [-0.3, -0.25) is 24.1 Å². The van der Waals surface area contributed by atoms with Crippen LogP contribution in [0.1, 0.15) is 49.0 Å². The number of anilines is 2. The third-order valence-electron chi connectivity index (χ3n) is 5.61. The fraction of sp³-hybridized carbons (Fsp3) is 0.310. The summed E-state index contributed by atoms with van der Waals surface area (Å²) < 4.78 is 10.8. The third-order valence-corrected chi connectivity index (χ3v) is 6.48. The van der Waals surface area contributed by atoms with Crippen LogP contribution in [0.4, 0.5) is 11.4 Å². The number of thiophene rings is 1. The van der Waals surface area contributed by atoms with Gasteiger partial charge >= 0.3 is 0 Å². The van der Waals surface area contributed by atoms with Crippen molar-refractivity contribution < 1.29 is 28.7 Å². The molecular formula is C29H34N4O6S. The first-order chi connectivity index (χ1) is 18.9. The summed E-state index contributed by atoms with van der Waals surface area (Å²) in [5, 5.41) is 10.1. The Balaban J connectivity index is 2.10. The number of rotatable bonds is 10. The number of methoxy groups -OCH3 is 2. The molecule has 0 saturated heterocycles. The molecule has 0 aliphatic carbocycles. The Morgan fingerprint density at radius 1 is 0.950 bits per heavy atom. The van der Waals surface area contributed by atoms with E-state index in [0.717, 1.165) is 0 Å². The molecule has 1 atom stereocenters. The molecule has 2 aromatic carbocycles. The Hall–Kier alpha value is -4.38. The van der Waals surface area contributed by atoms with Crippen LogP contribution in [0.2, 0.25) is 0 Å². The number of nitrogens with zero attached hydrogens (tertiary/aromatic N) is 1. The van der Waals surface area contributed by atoms with Crippen molar-refractivity contribution >= 4 is 46.3 Å². The van der Waals surface area contributed by atoms with E-state index in [-0.39, 0.29) is 12.5 Å². The molecule has 40 heavy (non-hydrogen) atoms. The number of ether oxygens (including phenoxy) is 2. The molecule has 1 aromatic heterocycles. The molecule has 0 unspecified atom stereocenters. The van der Waals surface area contributed by atoms with Gasteiger partial charge < -0.3 is 25.4 Å². The Labute approximate surface area is 237 Å². The van der Waals surface area contributed by atoms with Crippen molar-refractivity contribution in [3.8, 4) is 11.5 Å².